The van der Waals surface area contributed by atoms with Crippen LogP contribution in [0.2, 0.25) is 0 Å². The van der Waals surface area contributed by atoms with Crippen LogP contribution in [0.5, 0.6) is 5.75 Å². The van der Waals surface area contributed by atoms with Crippen LogP contribution in [-0.2, 0) is 4.74 Å². The van der Waals surface area contributed by atoms with E-state index in [-0.39, 0.29) is 18.9 Å². The van der Waals surface area contributed by atoms with E-state index in [9.17, 15) is 27.2 Å². The standard InChI is InChI=1S/C27H23F4N3O4/c1-2-37-25(35)19-5-11-21(12-6-19)32-26(36)34-15-23(17-3-9-20(28)10-4-17)24(33-34)18-7-13-22(14-8-18)38-16-27(29,30)31/h3-14,23H,2,15-16H2,1H3,(H,32,36). The number of urea groups is 1. The molecule has 1 aliphatic heterocycles. The Bertz CT molecular complexity index is 1310. The van der Waals surface area contributed by atoms with Crippen molar-refractivity contribution in [3.63, 3.8) is 0 Å². The van der Waals surface area contributed by atoms with E-state index in [2.05, 4.69) is 10.4 Å². The molecule has 1 heterocycles. The van der Waals surface area contributed by atoms with Crippen LogP contribution in [-0.4, -0.2) is 48.7 Å². The highest BCUT2D eigenvalue weighted by molar-refractivity contribution is 6.08. The third-order valence-corrected chi connectivity index (χ3v) is 5.62. The van der Waals surface area contributed by atoms with Gasteiger partial charge in [0, 0.05) is 11.6 Å². The molecule has 3 aromatic carbocycles. The minimum atomic E-state index is -4.46. The van der Waals surface area contributed by atoms with Crippen molar-refractivity contribution in [2.24, 2.45) is 5.10 Å². The number of hydrazone groups is 1. The number of hydrogen-bond donors (Lipinski definition) is 1. The number of esters is 1. The number of carbonyl (C=O) groups excluding carboxylic acids is 2. The zero-order valence-corrected chi connectivity index (χ0v) is 20.2. The van der Waals surface area contributed by atoms with Crippen LogP contribution in [0, 0.1) is 5.82 Å². The molecule has 0 fully saturated rings. The first-order valence-electron chi connectivity index (χ1n) is 11.6. The molecule has 11 heteroatoms. The van der Waals surface area contributed by atoms with Crippen molar-refractivity contribution in [2.45, 2.75) is 19.0 Å². The highest BCUT2D eigenvalue weighted by atomic mass is 19.4. The SMILES string of the molecule is CCOC(=O)c1ccc(NC(=O)N2CC(c3ccc(F)cc3)C(c3ccc(OCC(F)(F)F)cc3)=N2)cc1. The molecule has 0 bridgehead atoms. The molecule has 0 aliphatic carbocycles. The Balaban J connectivity index is 1.54. The molecule has 38 heavy (non-hydrogen) atoms. The maximum Gasteiger partial charge on any atom is 0.422 e. The Morgan fingerprint density at radius 3 is 2.26 bits per heavy atom. The second-order valence-electron chi connectivity index (χ2n) is 8.33. The van der Waals surface area contributed by atoms with Crippen LogP contribution in [0.25, 0.3) is 0 Å². The summed E-state index contributed by atoms with van der Waals surface area (Å²) in [6.45, 7) is 0.665. The molecule has 0 saturated carbocycles. The largest absolute Gasteiger partial charge is 0.484 e. The molecule has 0 radical (unpaired) electrons. The molecule has 0 saturated heterocycles. The van der Waals surface area contributed by atoms with Gasteiger partial charge in [-0.2, -0.15) is 18.3 Å². The number of ether oxygens (including phenoxy) is 2. The first-order valence-corrected chi connectivity index (χ1v) is 11.6. The number of rotatable bonds is 7. The van der Waals surface area contributed by atoms with Gasteiger partial charge in [0.2, 0.25) is 0 Å². The lowest BCUT2D eigenvalue weighted by molar-refractivity contribution is -0.153. The quantitative estimate of drug-likeness (QED) is 0.302. The molecule has 3 aromatic rings. The van der Waals surface area contributed by atoms with Gasteiger partial charge in [-0.1, -0.05) is 12.1 Å². The van der Waals surface area contributed by atoms with Crippen LogP contribution in [0.1, 0.15) is 34.3 Å². The van der Waals surface area contributed by atoms with Gasteiger partial charge in [0.1, 0.15) is 11.6 Å². The van der Waals surface area contributed by atoms with Crippen LogP contribution in [0.3, 0.4) is 0 Å². The van der Waals surface area contributed by atoms with Crippen molar-refractivity contribution in [1.82, 2.24) is 5.01 Å². The van der Waals surface area contributed by atoms with Gasteiger partial charge in [-0.05, 0) is 78.7 Å². The minimum absolute atomic E-state index is 0.0314. The first kappa shape index (κ1) is 26.6. The number of carbonyl (C=O) groups is 2. The summed E-state index contributed by atoms with van der Waals surface area (Å²) in [5.41, 5.74) is 2.51. The Morgan fingerprint density at radius 2 is 1.66 bits per heavy atom. The summed E-state index contributed by atoms with van der Waals surface area (Å²) in [5, 5.41) is 8.40. The van der Waals surface area contributed by atoms with E-state index in [4.69, 9.17) is 9.47 Å². The monoisotopic (exact) mass is 529 g/mol. The number of halogens is 4. The molecule has 7 nitrogen and oxygen atoms in total. The van der Waals surface area contributed by atoms with E-state index < -0.39 is 36.5 Å². The average molecular weight is 529 g/mol. The molecular weight excluding hydrogens is 506 g/mol. The predicted molar refractivity (Wildman–Crippen MR) is 132 cm³/mol. The molecule has 2 amide bonds. The number of nitrogens with zero attached hydrogens (tertiary/aromatic N) is 2. The van der Waals surface area contributed by atoms with Crippen LogP contribution in [0.4, 0.5) is 28.0 Å². The lowest BCUT2D eigenvalue weighted by atomic mass is 9.90. The van der Waals surface area contributed by atoms with Gasteiger partial charge in [0.05, 0.1) is 24.4 Å². The van der Waals surface area contributed by atoms with Gasteiger partial charge in [-0.15, -0.1) is 0 Å². The van der Waals surface area contributed by atoms with Gasteiger partial charge in [0.25, 0.3) is 0 Å². The molecule has 1 atom stereocenters. The third-order valence-electron chi connectivity index (χ3n) is 5.62. The van der Waals surface area contributed by atoms with Crippen LogP contribution in [0.15, 0.2) is 77.9 Å². The molecule has 1 aliphatic rings. The lowest BCUT2D eigenvalue weighted by Gasteiger charge is -2.16. The second-order valence-corrected chi connectivity index (χ2v) is 8.33. The number of alkyl halides is 3. The van der Waals surface area contributed by atoms with Crippen molar-refractivity contribution < 1.29 is 36.6 Å². The fraction of sp³-hybridized carbons (Fsp3) is 0.222. The number of amides is 2. The average Bonchev–Trinajstić information content (AvgIpc) is 3.34. The van der Waals surface area contributed by atoms with Crippen molar-refractivity contribution in [1.29, 1.82) is 0 Å². The lowest BCUT2D eigenvalue weighted by Crippen LogP contribution is -2.30. The molecule has 198 valence electrons. The van der Waals surface area contributed by atoms with E-state index in [1.54, 1.807) is 43.3 Å². The minimum Gasteiger partial charge on any atom is -0.484 e. The molecule has 0 spiro atoms. The van der Waals surface area contributed by atoms with Crippen LogP contribution >= 0.6 is 0 Å². The second kappa shape index (κ2) is 11.3. The van der Waals surface area contributed by atoms with Gasteiger partial charge in [0.15, 0.2) is 6.61 Å². The van der Waals surface area contributed by atoms with Gasteiger partial charge in [-0.3, -0.25) is 0 Å². The predicted octanol–water partition coefficient (Wildman–Crippen LogP) is 5.98. The fourth-order valence-electron chi connectivity index (χ4n) is 3.82. The smallest absolute Gasteiger partial charge is 0.422 e. The van der Waals surface area contributed by atoms with Crippen molar-refractivity contribution in [3.05, 3.63) is 95.3 Å². The summed E-state index contributed by atoms with van der Waals surface area (Å²) < 4.78 is 60.6. The highest BCUT2D eigenvalue weighted by Crippen LogP contribution is 2.30. The molecule has 4 rings (SSSR count). The van der Waals surface area contributed by atoms with Crippen LogP contribution < -0.4 is 10.1 Å². The van der Waals surface area contributed by atoms with Crippen molar-refractivity contribution in [3.8, 4) is 5.75 Å². The Labute approximate surface area is 215 Å². The van der Waals surface area contributed by atoms with Gasteiger partial charge in [-0.25, -0.2) is 19.0 Å². The normalized spacial score (nSPS) is 15.1. The summed E-state index contributed by atoms with van der Waals surface area (Å²) in [4.78, 5) is 24.8. The van der Waals surface area contributed by atoms with Crippen molar-refractivity contribution >= 4 is 23.4 Å². The fourth-order valence-corrected chi connectivity index (χ4v) is 3.82. The van der Waals surface area contributed by atoms with Gasteiger partial charge >= 0.3 is 18.2 Å². The summed E-state index contributed by atoms with van der Waals surface area (Å²) >= 11 is 0. The topological polar surface area (TPSA) is 80.2 Å². The maximum atomic E-state index is 13.5. The van der Waals surface area contributed by atoms with E-state index in [0.29, 0.717) is 28.1 Å². The Morgan fingerprint density at radius 1 is 1.00 bits per heavy atom. The molecule has 1 unspecified atom stereocenters. The number of hydrogen-bond acceptors (Lipinski definition) is 5. The van der Waals surface area contributed by atoms with E-state index >= 15 is 0 Å². The van der Waals surface area contributed by atoms with Crippen molar-refractivity contribution in [2.75, 3.05) is 25.1 Å². The summed E-state index contributed by atoms with van der Waals surface area (Å²) in [6.07, 6.45) is -4.46. The highest BCUT2D eigenvalue weighted by Gasteiger charge is 2.33. The summed E-state index contributed by atoms with van der Waals surface area (Å²) in [6, 6.07) is 17.3. The summed E-state index contributed by atoms with van der Waals surface area (Å²) in [5.74, 6) is -1.29. The molecular formula is C27H23F4N3O4. The number of benzene rings is 3. The van der Waals surface area contributed by atoms with E-state index in [1.807, 2.05) is 0 Å². The maximum absolute atomic E-state index is 13.5. The first-order chi connectivity index (χ1) is 18.1. The Hall–Kier alpha value is -4.41. The summed E-state index contributed by atoms with van der Waals surface area (Å²) in [7, 11) is 0. The molecule has 1 N–H and O–H groups in total. The van der Waals surface area contributed by atoms with Gasteiger partial charge < -0.3 is 14.8 Å². The zero-order chi connectivity index (χ0) is 27.3. The van der Waals surface area contributed by atoms with E-state index in [1.165, 1.54) is 41.4 Å². The third kappa shape index (κ3) is 6.67. The Kier molecular flexibility index (Phi) is 7.94. The van der Waals surface area contributed by atoms with E-state index in [0.717, 1.165) is 0 Å². The molecule has 0 aromatic heterocycles. The number of nitrogens with one attached hydrogen (secondary N) is 1. The zero-order valence-electron chi connectivity index (χ0n) is 20.2. The number of anilines is 1.